The molecule has 2 aromatic carbocycles. The molecule has 1 nitrogen and oxygen atoms in total. The summed E-state index contributed by atoms with van der Waals surface area (Å²) in [5.74, 6) is 1.58. The minimum atomic E-state index is 0.640. The van der Waals surface area contributed by atoms with Crippen LogP contribution in [0.15, 0.2) is 42.5 Å². The molecule has 21 heavy (non-hydrogen) atoms. The van der Waals surface area contributed by atoms with Gasteiger partial charge in [0.2, 0.25) is 0 Å². The number of hydrogen-bond acceptors (Lipinski definition) is 1. The van der Waals surface area contributed by atoms with Crippen molar-refractivity contribution in [1.29, 1.82) is 0 Å². The van der Waals surface area contributed by atoms with E-state index in [0.29, 0.717) is 5.92 Å². The largest absolute Gasteiger partial charge is 0.497 e. The Morgan fingerprint density at radius 2 is 1.86 bits per heavy atom. The van der Waals surface area contributed by atoms with Crippen LogP contribution in [0.3, 0.4) is 0 Å². The molecule has 1 atom stereocenters. The van der Waals surface area contributed by atoms with Gasteiger partial charge < -0.3 is 4.74 Å². The maximum atomic E-state index is 5.91. The van der Waals surface area contributed by atoms with Crippen LogP contribution in [-0.4, -0.2) is 7.11 Å². The normalized spacial score (nSPS) is 12.2. The Kier molecular flexibility index (Phi) is 6.37. The van der Waals surface area contributed by atoms with Crippen LogP contribution in [0.2, 0.25) is 5.02 Å². The van der Waals surface area contributed by atoms with Gasteiger partial charge in [0.1, 0.15) is 5.75 Å². The standard InChI is InChI=1S/C18H20ClIO/c1-13(3-4-14-5-7-16(19)8-6-14)11-15-12-17(21-2)9-10-18(15)20/h5-10,12-13H,3-4,11H2,1-2H3. The van der Waals surface area contributed by atoms with Crippen molar-refractivity contribution < 1.29 is 4.74 Å². The van der Waals surface area contributed by atoms with Crippen molar-refractivity contribution >= 4 is 34.2 Å². The Hall–Kier alpha value is -0.740. The molecular formula is C18H20ClIO. The Morgan fingerprint density at radius 3 is 2.52 bits per heavy atom. The molecule has 0 saturated carbocycles. The van der Waals surface area contributed by atoms with Crippen LogP contribution >= 0.6 is 34.2 Å². The molecular weight excluding hydrogens is 395 g/mol. The van der Waals surface area contributed by atoms with Crippen LogP contribution in [0.25, 0.3) is 0 Å². The molecule has 0 bridgehead atoms. The van der Waals surface area contributed by atoms with Gasteiger partial charge in [-0.2, -0.15) is 0 Å². The maximum Gasteiger partial charge on any atom is 0.119 e. The van der Waals surface area contributed by atoms with Gasteiger partial charge >= 0.3 is 0 Å². The van der Waals surface area contributed by atoms with E-state index < -0.39 is 0 Å². The van der Waals surface area contributed by atoms with Crippen molar-refractivity contribution in [3.8, 4) is 5.75 Å². The minimum Gasteiger partial charge on any atom is -0.497 e. The lowest BCUT2D eigenvalue weighted by atomic mass is 9.94. The van der Waals surface area contributed by atoms with Gasteiger partial charge in [0.25, 0.3) is 0 Å². The predicted octanol–water partition coefficient (Wildman–Crippen LogP) is 5.76. The van der Waals surface area contributed by atoms with E-state index >= 15 is 0 Å². The number of ether oxygens (including phenoxy) is 1. The monoisotopic (exact) mass is 414 g/mol. The molecule has 0 fully saturated rings. The number of benzene rings is 2. The van der Waals surface area contributed by atoms with Gasteiger partial charge in [-0.05, 0) is 89.2 Å². The first kappa shape index (κ1) is 16.6. The average molecular weight is 415 g/mol. The van der Waals surface area contributed by atoms with Crippen LogP contribution in [0.5, 0.6) is 5.75 Å². The minimum absolute atomic E-state index is 0.640. The summed E-state index contributed by atoms with van der Waals surface area (Å²) in [4.78, 5) is 0. The molecule has 0 radical (unpaired) electrons. The first-order valence-corrected chi connectivity index (χ1v) is 8.61. The van der Waals surface area contributed by atoms with Gasteiger partial charge in [-0.15, -0.1) is 0 Å². The Labute approximate surface area is 145 Å². The molecule has 0 aliphatic carbocycles. The van der Waals surface area contributed by atoms with Gasteiger partial charge in [-0.25, -0.2) is 0 Å². The fraction of sp³-hybridized carbons (Fsp3) is 0.333. The third-order valence-electron chi connectivity index (χ3n) is 3.66. The summed E-state index contributed by atoms with van der Waals surface area (Å²) in [5.41, 5.74) is 2.73. The van der Waals surface area contributed by atoms with Crippen LogP contribution in [0.1, 0.15) is 24.5 Å². The quantitative estimate of drug-likeness (QED) is 0.546. The second-order valence-electron chi connectivity index (χ2n) is 5.43. The molecule has 0 N–H and O–H groups in total. The van der Waals surface area contributed by atoms with E-state index in [1.54, 1.807) is 7.11 Å². The summed E-state index contributed by atoms with van der Waals surface area (Å²) in [7, 11) is 1.72. The zero-order valence-corrected chi connectivity index (χ0v) is 15.3. The van der Waals surface area contributed by atoms with Gasteiger partial charge in [0.05, 0.1) is 7.11 Å². The number of rotatable bonds is 6. The van der Waals surface area contributed by atoms with Crippen LogP contribution in [0, 0.1) is 9.49 Å². The van der Waals surface area contributed by atoms with Crippen molar-refractivity contribution in [2.45, 2.75) is 26.2 Å². The molecule has 0 amide bonds. The van der Waals surface area contributed by atoms with E-state index in [4.69, 9.17) is 16.3 Å². The third-order valence-corrected chi connectivity index (χ3v) is 4.96. The lowest BCUT2D eigenvalue weighted by molar-refractivity contribution is 0.413. The highest BCUT2D eigenvalue weighted by Crippen LogP contribution is 2.24. The first-order chi connectivity index (χ1) is 10.1. The molecule has 0 heterocycles. The van der Waals surface area contributed by atoms with Gasteiger partial charge in [0, 0.05) is 8.59 Å². The lowest BCUT2D eigenvalue weighted by Gasteiger charge is -2.14. The Balaban J connectivity index is 1.92. The summed E-state index contributed by atoms with van der Waals surface area (Å²) in [6.45, 7) is 2.31. The SMILES string of the molecule is COc1ccc(I)c(CC(C)CCc2ccc(Cl)cc2)c1. The second kappa shape index (κ2) is 8.04. The third kappa shape index (κ3) is 5.19. The van der Waals surface area contributed by atoms with E-state index in [0.717, 1.165) is 23.6 Å². The highest BCUT2D eigenvalue weighted by Gasteiger charge is 2.08. The zero-order valence-electron chi connectivity index (χ0n) is 12.4. The summed E-state index contributed by atoms with van der Waals surface area (Å²) in [5, 5.41) is 0.803. The topological polar surface area (TPSA) is 9.23 Å². The van der Waals surface area contributed by atoms with Crippen LogP contribution < -0.4 is 4.74 Å². The molecule has 112 valence electrons. The molecule has 2 rings (SSSR count). The number of halogens is 2. The van der Waals surface area contributed by atoms with Crippen molar-refractivity contribution in [2.24, 2.45) is 5.92 Å². The highest BCUT2D eigenvalue weighted by molar-refractivity contribution is 14.1. The average Bonchev–Trinajstić information content (AvgIpc) is 2.49. The molecule has 0 spiro atoms. The lowest BCUT2D eigenvalue weighted by Crippen LogP contribution is -2.03. The fourth-order valence-corrected chi connectivity index (χ4v) is 3.06. The number of hydrogen-bond donors (Lipinski definition) is 0. The first-order valence-electron chi connectivity index (χ1n) is 7.15. The second-order valence-corrected chi connectivity index (χ2v) is 7.03. The summed E-state index contributed by atoms with van der Waals surface area (Å²) < 4.78 is 6.63. The van der Waals surface area contributed by atoms with Gasteiger partial charge in [0.15, 0.2) is 0 Å². The van der Waals surface area contributed by atoms with Crippen molar-refractivity contribution in [1.82, 2.24) is 0 Å². The van der Waals surface area contributed by atoms with Gasteiger partial charge in [-0.3, -0.25) is 0 Å². The fourth-order valence-electron chi connectivity index (χ4n) is 2.38. The predicted molar refractivity (Wildman–Crippen MR) is 98.4 cm³/mol. The summed E-state index contributed by atoms with van der Waals surface area (Å²) in [6.07, 6.45) is 3.36. The van der Waals surface area contributed by atoms with E-state index in [9.17, 15) is 0 Å². The molecule has 0 aliphatic rings. The zero-order chi connectivity index (χ0) is 15.2. The molecule has 0 saturated heterocycles. The number of methoxy groups -OCH3 is 1. The van der Waals surface area contributed by atoms with E-state index in [1.807, 2.05) is 18.2 Å². The molecule has 1 unspecified atom stereocenters. The van der Waals surface area contributed by atoms with Crippen molar-refractivity contribution in [3.05, 3.63) is 62.2 Å². The van der Waals surface area contributed by atoms with Gasteiger partial charge in [-0.1, -0.05) is 30.7 Å². The van der Waals surface area contributed by atoms with Crippen LogP contribution in [0.4, 0.5) is 0 Å². The smallest absolute Gasteiger partial charge is 0.119 e. The maximum absolute atomic E-state index is 5.91. The molecule has 2 aromatic rings. The molecule has 0 aromatic heterocycles. The number of aryl methyl sites for hydroxylation is 1. The molecule has 3 heteroatoms. The van der Waals surface area contributed by atoms with E-state index in [1.165, 1.54) is 21.1 Å². The Morgan fingerprint density at radius 1 is 1.14 bits per heavy atom. The molecule has 0 aliphatic heterocycles. The van der Waals surface area contributed by atoms with Crippen LogP contribution in [-0.2, 0) is 12.8 Å². The summed E-state index contributed by atoms with van der Waals surface area (Å²) >= 11 is 8.32. The summed E-state index contributed by atoms with van der Waals surface area (Å²) in [6, 6.07) is 14.5. The van der Waals surface area contributed by atoms with E-state index in [2.05, 4.69) is 53.8 Å². The Bertz CT molecular complexity index is 580. The van der Waals surface area contributed by atoms with E-state index in [-0.39, 0.29) is 0 Å². The highest BCUT2D eigenvalue weighted by atomic mass is 127. The van der Waals surface area contributed by atoms with Crippen molar-refractivity contribution in [3.63, 3.8) is 0 Å². The van der Waals surface area contributed by atoms with Crippen molar-refractivity contribution in [2.75, 3.05) is 7.11 Å².